The lowest BCUT2D eigenvalue weighted by Crippen LogP contribution is -2.42. The van der Waals surface area contributed by atoms with Gasteiger partial charge in [-0.25, -0.2) is 14.7 Å². The van der Waals surface area contributed by atoms with Crippen LogP contribution in [0.3, 0.4) is 0 Å². The fourth-order valence-electron chi connectivity index (χ4n) is 1.04. The Hall–Kier alpha value is -1.05. The Morgan fingerprint density at radius 1 is 1.47 bits per heavy atom. The fourth-order valence-corrected chi connectivity index (χ4v) is 1.36. The van der Waals surface area contributed by atoms with E-state index in [0.29, 0.717) is 0 Å². The van der Waals surface area contributed by atoms with Crippen LogP contribution in [0.15, 0.2) is 18.3 Å². The first-order valence-corrected chi connectivity index (χ1v) is 5.58. The number of likely N-dealkylation sites (tertiary alicyclic amines) is 1. The Labute approximate surface area is 100 Å². The van der Waals surface area contributed by atoms with Crippen LogP contribution in [0.2, 0.25) is 0 Å². The van der Waals surface area contributed by atoms with Crippen LogP contribution in [-0.4, -0.2) is 29.1 Å². The zero-order valence-electron chi connectivity index (χ0n) is 7.85. The van der Waals surface area contributed by atoms with Crippen LogP contribution < -0.4 is 4.89 Å². The summed E-state index contributed by atoms with van der Waals surface area (Å²) in [6.07, 6.45) is 2.20. The Morgan fingerprint density at radius 3 is 2.80 bits per heavy atom. The molecule has 0 saturated carbocycles. The molecule has 0 N–H and O–H groups in total. The van der Waals surface area contributed by atoms with Crippen molar-refractivity contribution in [1.29, 1.82) is 0 Å². The quantitative estimate of drug-likeness (QED) is 0.474. The summed E-state index contributed by atoms with van der Waals surface area (Å²) < 4.78 is 0.994. The van der Waals surface area contributed by atoms with Crippen LogP contribution in [0, 0.1) is 3.57 Å². The average Bonchev–Trinajstić information content (AvgIpc) is 2.14. The molecule has 80 valence electrons. The number of rotatable bonds is 2. The molecule has 1 aromatic rings. The molecule has 1 aliphatic heterocycles. The van der Waals surface area contributed by atoms with Gasteiger partial charge in [0.1, 0.15) is 0 Å². The summed E-state index contributed by atoms with van der Waals surface area (Å²) in [5, 5.41) is 0. The number of halogens is 1. The molecule has 2 heterocycles. The molecule has 1 saturated heterocycles. The second-order valence-corrected chi connectivity index (χ2v) is 4.33. The molecule has 1 fully saturated rings. The molecule has 0 bridgehead atoms. The lowest BCUT2D eigenvalue weighted by atomic mass is 10.2. The van der Waals surface area contributed by atoms with Gasteiger partial charge >= 0.3 is 6.09 Å². The average molecular weight is 320 g/mol. The zero-order valence-corrected chi connectivity index (χ0v) is 10.0. The van der Waals surface area contributed by atoms with Gasteiger partial charge in [-0.3, -0.25) is 4.89 Å². The molecule has 0 radical (unpaired) electrons. The third kappa shape index (κ3) is 2.71. The van der Waals surface area contributed by atoms with E-state index >= 15 is 0 Å². The third-order valence-corrected chi connectivity index (χ3v) is 2.65. The molecular weight excluding hydrogens is 311 g/mol. The van der Waals surface area contributed by atoms with Gasteiger partial charge in [0.15, 0.2) is 0 Å². The van der Waals surface area contributed by atoms with Gasteiger partial charge in [-0.05, 0) is 35.1 Å². The molecule has 1 aromatic heterocycles. The van der Waals surface area contributed by atoms with Gasteiger partial charge in [0.05, 0.1) is 0 Å². The fraction of sp³-hybridized carbons (Fsp3) is 0.333. The predicted octanol–water partition coefficient (Wildman–Crippen LogP) is 1.82. The zero-order chi connectivity index (χ0) is 10.7. The number of nitrogens with zero attached hydrogens (tertiary/aromatic N) is 2. The molecule has 0 unspecified atom stereocenters. The van der Waals surface area contributed by atoms with Crippen molar-refractivity contribution in [3.63, 3.8) is 0 Å². The van der Waals surface area contributed by atoms with Crippen molar-refractivity contribution in [1.82, 2.24) is 9.88 Å². The van der Waals surface area contributed by atoms with Crippen molar-refractivity contribution in [2.45, 2.75) is 6.42 Å². The van der Waals surface area contributed by atoms with Gasteiger partial charge in [-0.1, -0.05) is 0 Å². The summed E-state index contributed by atoms with van der Waals surface area (Å²) in [7, 11) is 0. The summed E-state index contributed by atoms with van der Waals surface area (Å²) in [6, 6.07) is 3.46. The van der Waals surface area contributed by atoms with Crippen LogP contribution in [0.4, 0.5) is 4.79 Å². The summed E-state index contributed by atoms with van der Waals surface area (Å²) in [4.78, 5) is 26.1. The van der Waals surface area contributed by atoms with Gasteiger partial charge < -0.3 is 4.90 Å². The van der Waals surface area contributed by atoms with Crippen molar-refractivity contribution >= 4 is 28.7 Å². The lowest BCUT2D eigenvalue weighted by Gasteiger charge is -2.28. The van der Waals surface area contributed by atoms with Gasteiger partial charge in [-0.15, -0.1) is 0 Å². The van der Waals surface area contributed by atoms with E-state index in [-0.39, 0.29) is 5.88 Å². The number of carbonyl (C=O) groups is 1. The Kier molecular flexibility index (Phi) is 3.24. The Morgan fingerprint density at radius 2 is 2.27 bits per heavy atom. The van der Waals surface area contributed by atoms with E-state index in [0.717, 1.165) is 23.1 Å². The molecule has 0 aliphatic carbocycles. The van der Waals surface area contributed by atoms with E-state index < -0.39 is 6.09 Å². The molecule has 6 heteroatoms. The van der Waals surface area contributed by atoms with Crippen molar-refractivity contribution in [3.8, 4) is 5.88 Å². The van der Waals surface area contributed by atoms with Crippen LogP contribution >= 0.6 is 22.6 Å². The molecule has 0 aromatic carbocycles. The second-order valence-electron chi connectivity index (χ2n) is 3.09. The first-order chi connectivity index (χ1) is 7.25. The normalized spacial score (nSPS) is 14.3. The maximum absolute atomic E-state index is 11.2. The van der Waals surface area contributed by atoms with Crippen LogP contribution in [0.25, 0.3) is 0 Å². The van der Waals surface area contributed by atoms with Gasteiger partial charge in [-0.2, -0.15) is 0 Å². The minimum absolute atomic E-state index is 0.282. The molecule has 5 nitrogen and oxygen atoms in total. The molecule has 0 atom stereocenters. The monoisotopic (exact) mass is 320 g/mol. The minimum Gasteiger partial charge on any atom is -0.305 e. The smallest absolute Gasteiger partial charge is 0.305 e. The predicted molar refractivity (Wildman–Crippen MR) is 60.3 cm³/mol. The molecule has 2 rings (SSSR count). The number of amides is 1. The van der Waals surface area contributed by atoms with Crippen LogP contribution in [-0.2, 0) is 4.89 Å². The number of hydrogen-bond donors (Lipinski definition) is 0. The number of hydrogen-bond acceptors (Lipinski definition) is 4. The highest BCUT2D eigenvalue weighted by atomic mass is 127. The SMILES string of the molecule is O=C(OOc1ccc(I)cn1)N1CCC1. The van der Waals surface area contributed by atoms with Crippen LogP contribution in [0.5, 0.6) is 5.88 Å². The van der Waals surface area contributed by atoms with E-state index in [2.05, 4.69) is 32.5 Å². The maximum Gasteiger partial charge on any atom is 0.452 e. The second kappa shape index (κ2) is 4.65. The number of carbonyl (C=O) groups excluding carboxylic acids is 1. The van der Waals surface area contributed by atoms with Crippen molar-refractivity contribution in [2.24, 2.45) is 0 Å². The molecule has 1 aliphatic rings. The minimum atomic E-state index is -0.457. The van der Waals surface area contributed by atoms with Crippen molar-refractivity contribution < 1.29 is 14.6 Å². The molecule has 15 heavy (non-hydrogen) atoms. The summed E-state index contributed by atoms with van der Waals surface area (Å²) in [6.45, 7) is 1.48. The van der Waals surface area contributed by atoms with Gasteiger partial charge in [0.2, 0.25) is 0 Å². The highest BCUT2D eigenvalue weighted by Gasteiger charge is 2.22. The van der Waals surface area contributed by atoms with Crippen molar-refractivity contribution in [3.05, 3.63) is 21.9 Å². The van der Waals surface area contributed by atoms with E-state index in [1.54, 1.807) is 17.2 Å². The van der Waals surface area contributed by atoms with E-state index in [1.165, 1.54) is 0 Å². The molecule has 1 amide bonds. The van der Waals surface area contributed by atoms with Crippen molar-refractivity contribution in [2.75, 3.05) is 13.1 Å². The first kappa shape index (κ1) is 10.5. The highest BCUT2D eigenvalue weighted by molar-refractivity contribution is 14.1. The Balaban J connectivity index is 1.82. The number of pyridine rings is 1. The van der Waals surface area contributed by atoms with Crippen LogP contribution in [0.1, 0.15) is 6.42 Å². The third-order valence-electron chi connectivity index (χ3n) is 2.01. The summed E-state index contributed by atoms with van der Waals surface area (Å²) in [5.41, 5.74) is 0. The number of aromatic nitrogens is 1. The van der Waals surface area contributed by atoms with E-state index in [1.807, 2.05) is 6.07 Å². The molecule has 0 spiro atoms. The summed E-state index contributed by atoms with van der Waals surface area (Å²) >= 11 is 2.13. The van der Waals surface area contributed by atoms with E-state index in [4.69, 9.17) is 4.89 Å². The maximum atomic E-state index is 11.2. The topological polar surface area (TPSA) is 51.7 Å². The summed E-state index contributed by atoms with van der Waals surface area (Å²) in [5.74, 6) is 0.282. The van der Waals surface area contributed by atoms with Gasteiger partial charge in [0, 0.05) is 28.9 Å². The molecular formula is C9H9IN2O3. The first-order valence-electron chi connectivity index (χ1n) is 4.51. The highest BCUT2D eigenvalue weighted by Crippen LogP contribution is 2.12. The van der Waals surface area contributed by atoms with Gasteiger partial charge in [0.25, 0.3) is 5.88 Å². The largest absolute Gasteiger partial charge is 0.452 e. The van der Waals surface area contributed by atoms with E-state index in [9.17, 15) is 4.79 Å². The standard InChI is InChI=1S/C9H9IN2O3/c10-7-2-3-8(11-6-7)14-15-9(13)12-4-1-5-12/h2-3,6H,1,4-5H2. The lowest BCUT2D eigenvalue weighted by molar-refractivity contribution is -0.160. The Bertz CT molecular complexity index is 351.